The van der Waals surface area contributed by atoms with Gasteiger partial charge in [-0.3, -0.25) is 9.69 Å². The molecular weight excluding hydrogens is 318 g/mol. The van der Waals surface area contributed by atoms with Gasteiger partial charge in [-0.2, -0.15) is 0 Å². The lowest BCUT2D eigenvalue weighted by atomic mass is 10.0. The summed E-state index contributed by atoms with van der Waals surface area (Å²) >= 11 is 0. The van der Waals surface area contributed by atoms with Crippen LogP contribution in [0.1, 0.15) is 25.7 Å². The van der Waals surface area contributed by atoms with Crippen molar-refractivity contribution in [2.75, 3.05) is 51.3 Å². The largest absolute Gasteiger partial charge is 0.486 e. The van der Waals surface area contributed by atoms with Gasteiger partial charge >= 0.3 is 0 Å². The number of nitrogens with one attached hydrogen (secondary N) is 1. The summed E-state index contributed by atoms with van der Waals surface area (Å²) in [5.41, 5.74) is 0.765. The molecule has 6 nitrogen and oxygen atoms in total. The predicted molar refractivity (Wildman–Crippen MR) is 96.3 cm³/mol. The summed E-state index contributed by atoms with van der Waals surface area (Å²) in [7, 11) is 0. The van der Waals surface area contributed by atoms with Crippen molar-refractivity contribution in [3.05, 3.63) is 18.2 Å². The molecule has 25 heavy (non-hydrogen) atoms. The highest BCUT2D eigenvalue weighted by molar-refractivity contribution is 5.92. The van der Waals surface area contributed by atoms with Crippen LogP contribution in [0.3, 0.4) is 0 Å². The Morgan fingerprint density at radius 2 is 1.76 bits per heavy atom. The van der Waals surface area contributed by atoms with Crippen molar-refractivity contribution in [1.29, 1.82) is 0 Å². The number of amides is 1. The van der Waals surface area contributed by atoms with Crippen LogP contribution in [0, 0.1) is 0 Å². The molecule has 0 unspecified atom stereocenters. The van der Waals surface area contributed by atoms with E-state index in [0.29, 0.717) is 25.5 Å². The Balaban J connectivity index is 1.25. The van der Waals surface area contributed by atoms with Crippen LogP contribution in [-0.2, 0) is 4.79 Å². The van der Waals surface area contributed by atoms with Gasteiger partial charge in [-0.05, 0) is 50.9 Å². The standard InChI is InChI=1S/C19H27N3O3/c23-19(20-15-3-4-17-18(13-15)25-12-11-24-17)14-21-9-5-16(6-10-21)22-7-1-2-8-22/h3-4,13,16H,1-2,5-12,14H2,(H,20,23). The minimum absolute atomic E-state index is 0.0382. The lowest BCUT2D eigenvalue weighted by Gasteiger charge is -2.36. The van der Waals surface area contributed by atoms with Crippen molar-refractivity contribution in [3.63, 3.8) is 0 Å². The molecule has 2 fully saturated rings. The molecule has 3 heterocycles. The van der Waals surface area contributed by atoms with Crippen molar-refractivity contribution >= 4 is 11.6 Å². The van der Waals surface area contributed by atoms with Crippen molar-refractivity contribution in [1.82, 2.24) is 9.80 Å². The van der Waals surface area contributed by atoms with Gasteiger partial charge in [0.1, 0.15) is 13.2 Å². The maximum Gasteiger partial charge on any atom is 0.238 e. The van der Waals surface area contributed by atoms with Gasteiger partial charge in [-0.1, -0.05) is 0 Å². The minimum Gasteiger partial charge on any atom is -0.486 e. The zero-order valence-corrected chi connectivity index (χ0v) is 14.7. The predicted octanol–water partition coefficient (Wildman–Crippen LogP) is 1.96. The molecule has 0 spiro atoms. The Kier molecular flexibility index (Phi) is 5.08. The first kappa shape index (κ1) is 16.7. The third kappa shape index (κ3) is 4.07. The average Bonchev–Trinajstić information content (AvgIpc) is 3.17. The molecule has 0 aromatic heterocycles. The first-order valence-electron chi connectivity index (χ1n) is 9.44. The Labute approximate surface area is 149 Å². The number of carbonyl (C=O) groups excluding carboxylic acids is 1. The van der Waals surface area contributed by atoms with Crippen molar-refractivity contribution < 1.29 is 14.3 Å². The SMILES string of the molecule is O=C(CN1CCC(N2CCCC2)CC1)Nc1ccc2c(c1)OCCO2. The van der Waals surface area contributed by atoms with E-state index in [1.807, 2.05) is 18.2 Å². The van der Waals surface area contributed by atoms with E-state index in [4.69, 9.17) is 9.47 Å². The number of anilines is 1. The number of ether oxygens (including phenoxy) is 2. The molecule has 1 aromatic rings. The third-order valence-electron chi connectivity index (χ3n) is 5.41. The minimum atomic E-state index is 0.0382. The van der Waals surface area contributed by atoms with Crippen LogP contribution in [0.15, 0.2) is 18.2 Å². The highest BCUT2D eigenvalue weighted by Crippen LogP contribution is 2.32. The quantitative estimate of drug-likeness (QED) is 0.904. The van der Waals surface area contributed by atoms with E-state index in [9.17, 15) is 4.79 Å². The van der Waals surface area contributed by atoms with Gasteiger partial charge < -0.3 is 19.7 Å². The van der Waals surface area contributed by atoms with Gasteiger partial charge in [0.25, 0.3) is 0 Å². The van der Waals surface area contributed by atoms with Crippen LogP contribution in [0.4, 0.5) is 5.69 Å². The van der Waals surface area contributed by atoms with Gasteiger partial charge in [-0.15, -0.1) is 0 Å². The van der Waals surface area contributed by atoms with E-state index in [-0.39, 0.29) is 5.91 Å². The Hall–Kier alpha value is -1.79. The summed E-state index contributed by atoms with van der Waals surface area (Å²) in [6.45, 7) is 6.12. The van der Waals surface area contributed by atoms with Crippen LogP contribution in [0.5, 0.6) is 11.5 Å². The second-order valence-electron chi connectivity index (χ2n) is 7.16. The molecule has 0 saturated carbocycles. The maximum absolute atomic E-state index is 12.4. The van der Waals surface area contributed by atoms with E-state index >= 15 is 0 Å². The number of hydrogen-bond acceptors (Lipinski definition) is 5. The molecule has 3 aliphatic rings. The molecule has 1 amide bonds. The summed E-state index contributed by atoms with van der Waals surface area (Å²) in [4.78, 5) is 17.2. The van der Waals surface area contributed by atoms with Gasteiger partial charge in [0.05, 0.1) is 6.54 Å². The van der Waals surface area contributed by atoms with Crippen LogP contribution in [0.25, 0.3) is 0 Å². The Morgan fingerprint density at radius 3 is 2.52 bits per heavy atom. The molecule has 4 rings (SSSR count). The van der Waals surface area contributed by atoms with Gasteiger partial charge in [0.2, 0.25) is 5.91 Å². The van der Waals surface area contributed by atoms with Crippen LogP contribution in [-0.4, -0.2) is 67.7 Å². The second-order valence-corrected chi connectivity index (χ2v) is 7.16. The van der Waals surface area contributed by atoms with E-state index in [2.05, 4.69) is 15.1 Å². The highest BCUT2D eigenvalue weighted by Gasteiger charge is 2.27. The summed E-state index contributed by atoms with van der Waals surface area (Å²) in [6, 6.07) is 6.28. The molecule has 6 heteroatoms. The Bertz CT molecular complexity index is 608. The molecule has 0 bridgehead atoms. The molecule has 136 valence electrons. The van der Waals surface area contributed by atoms with Crippen LogP contribution >= 0.6 is 0 Å². The lowest BCUT2D eigenvalue weighted by molar-refractivity contribution is -0.117. The summed E-state index contributed by atoms with van der Waals surface area (Å²) in [6.07, 6.45) is 5.05. The molecule has 3 aliphatic heterocycles. The smallest absolute Gasteiger partial charge is 0.238 e. The van der Waals surface area contributed by atoms with Crippen LogP contribution < -0.4 is 14.8 Å². The van der Waals surface area contributed by atoms with E-state index in [1.54, 1.807) is 0 Å². The van der Waals surface area contributed by atoms with Gasteiger partial charge in [-0.25, -0.2) is 0 Å². The number of fused-ring (bicyclic) bond motifs is 1. The molecule has 1 aromatic carbocycles. The number of likely N-dealkylation sites (tertiary alicyclic amines) is 2. The first-order valence-corrected chi connectivity index (χ1v) is 9.44. The van der Waals surface area contributed by atoms with Crippen molar-refractivity contribution in [3.8, 4) is 11.5 Å². The number of rotatable bonds is 4. The first-order chi connectivity index (χ1) is 12.3. The fourth-order valence-corrected chi connectivity index (χ4v) is 4.07. The molecule has 0 aliphatic carbocycles. The van der Waals surface area contributed by atoms with Crippen molar-refractivity contribution in [2.24, 2.45) is 0 Å². The normalized spacial score (nSPS) is 22.1. The molecule has 1 N–H and O–H groups in total. The zero-order chi connectivity index (χ0) is 17.1. The number of piperidine rings is 1. The zero-order valence-electron chi connectivity index (χ0n) is 14.7. The van der Waals surface area contributed by atoms with E-state index in [1.165, 1.54) is 38.8 Å². The van der Waals surface area contributed by atoms with Crippen LogP contribution in [0.2, 0.25) is 0 Å². The van der Waals surface area contributed by atoms with Gasteiger partial charge in [0, 0.05) is 30.9 Å². The highest BCUT2D eigenvalue weighted by atomic mass is 16.6. The summed E-state index contributed by atoms with van der Waals surface area (Å²) in [5, 5.41) is 2.98. The number of nitrogens with zero attached hydrogens (tertiary/aromatic N) is 2. The molecular formula is C19H27N3O3. The monoisotopic (exact) mass is 345 g/mol. The number of hydrogen-bond donors (Lipinski definition) is 1. The third-order valence-corrected chi connectivity index (χ3v) is 5.41. The average molecular weight is 345 g/mol. The van der Waals surface area contributed by atoms with Gasteiger partial charge in [0.15, 0.2) is 11.5 Å². The molecule has 2 saturated heterocycles. The molecule has 0 radical (unpaired) electrons. The fourth-order valence-electron chi connectivity index (χ4n) is 4.07. The number of carbonyl (C=O) groups is 1. The maximum atomic E-state index is 12.4. The second kappa shape index (κ2) is 7.62. The lowest BCUT2D eigenvalue weighted by Crippen LogP contribution is -2.45. The fraction of sp³-hybridized carbons (Fsp3) is 0.632. The number of benzene rings is 1. The Morgan fingerprint density at radius 1 is 1.04 bits per heavy atom. The summed E-state index contributed by atoms with van der Waals surface area (Å²) in [5.74, 6) is 1.49. The van der Waals surface area contributed by atoms with E-state index in [0.717, 1.165) is 30.6 Å². The summed E-state index contributed by atoms with van der Waals surface area (Å²) < 4.78 is 11.1. The van der Waals surface area contributed by atoms with E-state index < -0.39 is 0 Å². The topological polar surface area (TPSA) is 54.0 Å². The molecule has 0 atom stereocenters. The van der Waals surface area contributed by atoms with Crippen molar-refractivity contribution in [2.45, 2.75) is 31.7 Å².